The number of carboxylic acid groups (broad SMARTS) is 1. The highest BCUT2D eigenvalue weighted by atomic mass is 16.4. The van der Waals surface area contributed by atoms with Crippen molar-refractivity contribution >= 4 is 70.6 Å². The number of carboxylic acids is 1. The molecule has 522 valence electrons. The zero-order valence-corrected chi connectivity index (χ0v) is 60.3. The molecule has 0 aromatic carbocycles. The minimum Gasteiger partial charge on any atom is -0.481 e. The third kappa shape index (κ3) is 24.2. The Hall–Kier alpha value is -5.80. The number of rotatable bonds is 20. The van der Waals surface area contributed by atoms with Gasteiger partial charge in [0.15, 0.2) is 11.6 Å². The summed E-state index contributed by atoms with van der Waals surface area (Å²) in [5.41, 5.74) is 0. The molecule has 0 aromatic heterocycles. The van der Waals surface area contributed by atoms with E-state index in [1.165, 1.54) is 85.7 Å². The number of hydrogen-bond donors (Lipinski definition) is 3. The number of unbranched alkanes of at least 4 members (excludes halogenated alkanes) is 3. The number of amides is 8. The van der Waals surface area contributed by atoms with Gasteiger partial charge in [-0.15, -0.1) is 0 Å². The quantitative estimate of drug-likeness (QED) is 0.100. The number of carbonyl (C=O) groups is 12. The van der Waals surface area contributed by atoms with Crippen LogP contribution in [-0.4, -0.2) is 219 Å². The van der Waals surface area contributed by atoms with E-state index in [9.17, 15) is 43.5 Å². The molecule has 22 nitrogen and oxygen atoms in total. The van der Waals surface area contributed by atoms with Crippen LogP contribution in [0.2, 0.25) is 0 Å². The van der Waals surface area contributed by atoms with Gasteiger partial charge in [0, 0.05) is 92.8 Å². The van der Waals surface area contributed by atoms with Crippen LogP contribution in [0.15, 0.2) is 0 Å². The number of likely N-dealkylation sites (N-methyl/N-ethyl adjacent to an activating group) is 7. The molecule has 0 unspecified atom stereocenters. The number of nitrogens with zero attached hydrogens (tertiary/aromatic N) is 7. The van der Waals surface area contributed by atoms with Gasteiger partial charge in [-0.3, -0.25) is 57.5 Å². The summed E-state index contributed by atoms with van der Waals surface area (Å²) in [6.45, 7) is 30.3. The predicted molar refractivity (Wildman–Crippen MR) is 352 cm³/mol. The van der Waals surface area contributed by atoms with Gasteiger partial charge in [0.05, 0.1) is 18.2 Å². The Labute approximate surface area is 546 Å². The van der Waals surface area contributed by atoms with Crippen LogP contribution in [0.3, 0.4) is 0 Å². The van der Waals surface area contributed by atoms with Crippen molar-refractivity contribution in [2.75, 3.05) is 49.3 Å². The topological polar surface area (TPSA) is 280 Å². The van der Waals surface area contributed by atoms with E-state index in [-0.39, 0.29) is 93.0 Å². The first kappa shape index (κ1) is 83.2. The molecule has 0 aliphatic carbocycles. The molecule has 3 N–H and O–H groups in total. The van der Waals surface area contributed by atoms with Crippen molar-refractivity contribution in [3.8, 4) is 0 Å². The Balaban J connectivity index is 4.37. The predicted octanol–water partition coefficient (Wildman–Crippen LogP) is 7.39. The summed E-state index contributed by atoms with van der Waals surface area (Å²) in [6.07, 6.45) is 1.11. The van der Waals surface area contributed by atoms with Gasteiger partial charge >= 0.3 is 5.97 Å². The molecule has 0 aromatic rings. The van der Waals surface area contributed by atoms with Crippen LogP contribution in [0.25, 0.3) is 0 Å². The van der Waals surface area contributed by atoms with E-state index in [0.29, 0.717) is 32.1 Å². The summed E-state index contributed by atoms with van der Waals surface area (Å²) >= 11 is 0. The zero-order chi connectivity index (χ0) is 70.5. The Morgan fingerprint density at radius 3 is 1.31 bits per heavy atom. The molecule has 22 heteroatoms. The lowest BCUT2D eigenvalue weighted by Crippen LogP contribution is -2.63. The maximum absolute atomic E-state index is 15.3. The molecule has 1 aliphatic rings. The van der Waals surface area contributed by atoms with E-state index in [2.05, 4.69) is 5.32 Å². The molecule has 1 heterocycles. The number of aliphatic hydroxyl groups is 1. The molecule has 0 spiro atoms. The Morgan fingerprint density at radius 1 is 0.451 bits per heavy atom. The van der Waals surface area contributed by atoms with Gasteiger partial charge in [0.1, 0.15) is 42.0 Å². The van der Waals surface area contributed by atoms with Crippen LogP contribution in [0.1, 0.15) is 208 Å². The largest absolute Gasteiger partial charge is 0.481 e. The number of nitrogens with one attached hydrogen (secondary N) is 1. The van der Waals surface area contributed by atoms with Crippen molar-refractivity contribution in [1.82, 2.24) is 39.6 Å². The van der Waals surface area contributed by atoms with Crippen LogP contribution in [0.4, 0.5) is 0 Å². The summed E-state index contributed by atoms with van der Waals surface area (Å²) in [5.74, 6) is -11.9. The van der Waals surface area contributed by atoms with E-state index in [1.54, 1.807) is 55.4 Å². The molecule has 1 fully saturated rings. The van der Waals surface area contributed by atoms with E-state index in [4.69, 9.17) is 5.11 Å². The number of hydrogen-bond acceptors (Lipinski definition) is 13. The van der Waals surface area contributed by atoms with Gasteiger partial charge in [-0.1, -0.05) is 130 Å². The lowest BCUT2D eigenvalue weighted by Gasteiger charge is -2.41. The highest BCUT2D eigenvalue weighted by Gasteiger charge is 2.46. The van der Waals surface area contributed by atoms with Gasteiger partial charge in [0.2, 0.25) is 47.3 Å². The zero-order valence-electron chi connectivity index (χ0n) is 60.3. The van der Waals surface area contributed by atoms with Crippen molar-refractivity contribution in [2.24, 2.45) is 59.2 Å². The smallest absolute Gasteiger partial charge is 0.303 e. The van der Waals surface area contributed by atoms with Gasteiger partial charge in [-0.25, -0.2) is 0 Å². The minimum atomic E-state index is -1.65. The lowest BCUT2D eigenvalue weighted by atomic mass is 9.84. The Morgan fingerprint density at radius 2 is 0.857 bits per heavy atom. The van der Waals surface area contributed by atoms with Crippen molar-refractivity contribution in [2.45, 2.75) is 262 Å². The van der Waals surface area contributed by atoms with Crippen LogP contribution in [0, 0.1) is 59.2 Å². The van der Waals surface area contributed by atoms with Gasteiger partial charge in [-0.2, -0.15) is 0 Å². The molecular weight excluding hydrogens is 1160 g/mol. The Kier molecular flexibility index (Phi) is 35.1. The fourth-order valence-corrected chi connectivity index (χ4v) is 12.5. The van der Waals surface area contributed by atoms with E-state index in [0.717, 1.165) is 4.90 Å². The first-order valence-corrected chi connectivity index (χ1v) is 33.6. The monoisotopic (exact) mass is 1290 g/mol. The normalized spacial score (nSPS) is 26.9. The number of aliphatic hydroxyl groups excluding tert-OH is 1. The maximum Gasteiger partial charge on any atom is 0.303 e. The van der Waals surface area contributed by atoms with Crippen LogP contribution >= 0.6 is 0 Å². The number of ketones is 3. The van der Waals surface area contributed by atoms with Crippen molar-refractivity contribution in [3.05, 3.63) is 0 Å². The van der Waals surface area contributed by atoms with Crippen LogP contribution < -0.4 is 5.32 Å². The standard InChI is InChI=1S/C69H122N8O14/c1-25-50-66(88)71(18)48(17)64(86)72(19)52(33-40(4)5)57(80)38-49(43(10)11)65(87)73(20)51(32-39(2)3)56(79)36-46(15)55(78)37-47(16)63(85)74(21)53(34-41(6)7)67(89)75(22)54(35-42(8)9)68(90)76(23)59(44(12)13)69(91)77(24)60(62(84)70-50)61(83)45(14)30-28-26-27-29-31-58(81)82/h39-54,59-61,83H,25-38H2,1-24H3,(H,70,84)(H,81,82)/t45-,46-,47+,48-,49+,50+,51+,52+,53+,54+,59+,60+,61-/m1/s1. The second-order valence-corrected chi connectivity index (χ2v) is 29.0. The molecule has 0 radical (unpaired) electrons. The number of carbonyl (C=O) groups excluding carboxylic acids is 11. The van der Waals surface area contributed by atoms with E-state index in [1.807, 2.05) is 55.4 Å². The second-order valence-electron chi connectivity index (χ2n) is 29.0. The molecule has 91 heavy (non-hydrogen) atoms. The van der Waals surface area contributed by atoms with E-state index >= 15 is 19.2 Å². The maximum atomic E-state index is 15.3. The average Bonchev–Trinajstić information content (AvgIpc) is 0.833. The summed E-state index contributed by atoms with van der Waals surface area (Å²) in [7, 11) is 10.2. The second kappa shape index (κ2) is 38.4. The molecule has 1 saturated heterocycles. The van der Waals surface area contributed by atoms with Gasteiger partial charge in [-0.05, 0) is 93.3 Å². The van der Waals surface area contributed by atoms with Crippen molar-refractivity contribution < 1.29 is 67.7 Å². The minimum absolute atomic E-state index is 0.00265. The third-order valence-corrected chi connectivity index (χ3v) is 18.6. The summed E-state index contributed by atoms with van der Waals surface area (Å²) < 4.78 is 0. The molecule has 13 atom stereocenters. The third-order valence-electron chi connectivity index (χ3n) is 18.6. The average molecular weight is 1290 g/mol. The van der Waals surface area contributed by atoms with Crippen molar-refractivity contribution in [1.29, 1.82) is 0 Å². The number of Topliss-reactive ketones (excluding diaryl/α,β-unsaturated/α-hetero) is 3. The first-order chi connectivity index (χ1) is 42.0. The highest BCUT2D eigenvalue weighted by Crippen LogP contribution is 2.30. The molecular formula is C69H122N8O14. The fourth-order valence-electron chi connectivity index (χ4n) is 12.5. The first-order valence-electron chi connectivity index (χ1n) is 33.6. The Bertz CT molecular complexity index is 2460. The van der Waals surface area contributed by atoms with E-state index < -0.39 is 149 Å². The summed E-state index contributed by atoms with van der Waals surface area (Å²) in [6, 6.07) is -9.70. The molecule has 1 aliphatic heterocycles. The van der Waals surface area contributed by atoms with Crippen LogP contribution in [0.5, 0.6) is 0 Å². The number of aliphatic carboxylic acids is 1. The SMILES string of the molecule is CC[C@@H]1NC(=O)[C@H]([C@H](O)[C@H](C)CCCCCCC(=O)O)N(C)C(=O)[C@H](C(C)C)N(C)C(=O)[C@H](CC(C)C)N(C)C(=O)[C@H](CC(C)C)N(C)C(=O)[C@@H](C)CC(=O)[C@H](C)CC(=O)[C@H](CC(C)C)N(C)C(=O)[C@H](C(C)C)CC(=O)[C@H](CC(C)C)N(C)C(=O)[C@@H](C)N(C)C1=O. The fraction of sp³-hybridized carbons (Fsp3) is 0.826. The highest BCUT2D eigenvalue weighted by molar-refractivity contribution is 6.00. The van der Waals surface area contributed by atoms with Gasteiger partial charge in [0.25, 0.3) is 0 Å². The molecule has 0 saturated carbocycles. The lowest BCUT2D eigenvalue weighted by molar-refractivity contribution is -0.157. The van der Waals surface area contributed by atoms with Crippen molar-refractivity contribution in [3.63, 3.8) is 0 Å². The summed E-state index contributed by atoms with van der Waals surface area (Å²) in [5, 5.41) is 24.3. The summed E-state index contributed by atoms with van der Waals surface area (Å²) in [4.78, 5) is 183. The molecule has 1 rings (SSSR count). The molecule has 8 amide bonds. The van der Waals surface area contributed by atoms with Gasteiger partial charge < -0.3 is 49.8 Å². The van der Waals surface area contributed by atoms with Crippen LogP contribution in [-0.2, 0) is 57.5 Å². The molecule has 0 bridgehead atoms.